The highest BCUT2D eigenvalue weighted by atomic mass is 35.5. The first-order chi connectivity index (χ1) is 5.98. The quantitative estimate of drug-likeness (QED) is 0.469. The monoisotopic (exact) mass is 222 g/mol. The second-order valence-corrected chi connectivity index (χ2v) is 6.45. The van der Waals surface area contributed by atoms with Crippen LogP contribution in [0.15, 0.2) is 0 Å². The van der Waals surface area contributed by atoms with Gasteiger partial charge in [-0.25, -0.2) is 0 Å². The van der Waals surface area contributed by atoms with E-state index in [9.17, 15) is 0 Å². The molecular weight excluding hydrogens is 200 g/mol. The average molecular weight is 223 g/mol. The molecule has 0 heterocycles. The van der Waals surface area contributed by atoms with Crippen molar-refractivity contribution in [2.75, 3.05) is 11.5 Å². The second kappa shape index (κ2) is 7.00. The summed E-state index contributed by atoms with van der Waals surface area (Å²) in [6.45, 7) is 8.85. The Kier molecular flexibility index (Phi) is 7.35. The van der Waals surface area contributed by atoms with E-state index < -0.39 is 0 Å². The molecule has 0 bridgehead atoms. The molecule has 0 amide bonds. The van der Waals surface area contributed by atoms with Gasteiger partial charge in [0.1, 0.15) is 0 Å². The van der Waals surface area contributed by atoms with Gasteiger partial charge in [0.15, 0.2) is 0 Å². The third-order valence-electron chi connectivity index (χ3n) is 2.14. The highest BCUT2D eigenvalue weighted by molar-refractivity contribution is 7.99. The van der Waals surface area contributed by atoms with Crippen LogP contribution in [0.2, 0.25) is 0 Å². The molecule has 1 unspecified atom stereocenters. The summed E-state index contributed by atoms with van der Waals surface area (Å²) in [6.07, 6.45) is 3.76. The Bertz CT molecular complexity index is 118. The average Bonchev–Trinajstić information content (AvgIpc) is 2.02. The Labute approximate surface area is 92.8 Å². The van der Waals surface area contributed by atoms with Crippen LogP contribution in [-0.4, -0.2) is 16.9 Å². The predicted octanol–water partition coefficient (Wildman–Crippen LogP) is 4.56. The molecule has 0 spiro atoms. The van der Waals surface area contributed by atoms with Gasteiger partial charge in [-0.2, -0.15) is 11.8 Å². The van der Waals surface area contributed by atoms with Crippen molar-refractivity contribution < 1.29 is 0 Å². The lowest BCUT2D eigenvalue weighted by Gasteiger charge is -2.24. The maximum atomic E-state index is 6.26. The summed E-state index contributed by atoms with van der Waals surface area (Å²) in [6, 6.07) is 0. The molecule has 0 aromatic rings. The first-order valence-electron chi connectivity index (χ1n) is 5.20. The van der Waals surface area contributed by atoms with Crippen molar-refractivity contribution >= 4 is 23.4 Å². The largest absolute Gasteiger partial charge is 0.162 e. The Hall–Kier alpha value is 0.640. The molecule has 13 heavy (non-hydrogen) atoms. The molecule has 0 aliphatic carbocycles. The molecule has 2 heteroatoms. The molecule has 0 aromatic carbocycles. The van der Waals surface area contributed by atoms with Gasteiger partial charge in [0.05, 0.1) is 0 Å². The molecule has 0 N–H and O–H groups in total. The van der Waals surface area contributed by atoms with Crippen LogP contribution in [0.4, 0.5) is 0 Å². The number of rotatable bonds is 6. The molecule has 0 fully saturated rings. The summed E-state index contributed by atoms with van der Waals surface area (Å²) >= 11 is 8.29. The van der Waals surface area contributed by atoms with Crippen molar-refractivity contribution in [2.45, 2.75) is 52.3 Å². The van der Waals surface area contributed by atoms with Gasteiger partial charge in [-0.1, -0.05) is 34.1 Å². The minimum absolute atomic E-state index is 0.263. The summed E-state index contributed by atoms with van der Waals surface area (Å²) in [5.74, 6) is 2.54. The third kappa shape index (κ3) is 7.69. The summed E-state index contributed by atoms with van der Waals surface area (Å²) in [7, 11) is 0. The van der Waals surface area contributed by atoms with Crippen LogP contribution in [0.5, 0.6) is 0 Å². The van der Waals surface area contributed by atoms with Gasteiger partial charge in [-0.3, -0.25) is 0 Å². The van der Waals surface area contributed by atoms with E-state index in [4.69, 9.17) is 11.6 Å². The maximum absolute atomic E-state index is 6.26. The molecule has 80 valence electrons. The lowest BCUT2D eigenvalue weighted by Crippen LogP contribution is -2.20. The number of alkyl halides is 1. The SMILES string of the molecule is CCSCCCCC(Cl)C(C)(C)C. The summed E-state index contributed by atoms with van der Waals surface area (Å²) in [4.78, 5) is 0. The molecule has 0 radical (unpaired) electrons. The van der Waals surface area contributed by atoms with Crippen LogP contribution in [0, 0.1) is 5.41 Å². The van der Waals surface area contributed by atoms with E-state index >= 15 is 0 Å². The minimum atomic E-state index is 0.263. The Morgan fingerprint density at radius 2 is 1.85 bits per heavy atom. The molecule has 0 aliphatic heterocycles. The van der Waals surface area contributed by atoms with Crippen LogP contribution >= 0.6 is 23.4 Å². The van der Waals surface area contributed by atoms with E-state index in [0.717, 1.165) is 6.42 Å². The van der Waals surface area contributed by atoms with Gasteiger partial charge in [0.2, 0.25) is 0 Å². The van der Waals surface area contributed by atoms with Crippen molar-refractivity contribution in [1.29, 1.82) is 0 Å². The number of thioether (sulfide) groups is 1. The fourth-order valence-corrected chi connectivity index (χ4v) is 1.96. The normalized spacial score (nSPS) is 14.5. The molecule has 1 atom stereocenters. The number of halogens is 1. The van der Waals surface area contributed by atoms with Crippen molar-refractivity contribution in [3.63, 3.8) is 0 Å². The minimum Gasteiger partial charge on any atom is -0.162 e. The van der Waals surface area contributed by atoms with Gasteiger partial charge < -0.3 is 0 Å². The number of unbranched alkanes of at least 4 members (excludes halogenated alkanes) is 1. The van der Waals surface area contributed by atoms with Crippen molar-refractivity contribution in [1.82, 2.24) is 0 Å². The molecule has 0 saturated heterocycles. The van der Waals surface area contributed by atoms with E-state index in [2.05, 4.69) is 27.7 Å². The fraction of sp³-hybridized carbons (Fsp3) is 1.00. The first kappa shape index (κ1) is 13.6. The van der Waals surface area contributed by atoms with Gasteiger partial charge in [-0.05, 0) is 29.8 Å². The summed E-state index contributed by atoms with van der Waals surface area (Å²) in [5, 5.41) is 0.333. The number of hydrogen-bond donors (Lipinski definition) is 0. The Morgan fingerprint density at radius 3 is 2.31 bits per heavy atom. The van der Waals surface area contributed by atoms with Gasteiger partial charge >= 0.3 is 0 Å². The molecule has 0 rings (SSSR count). The lowest BCUT2D eigenvalue weighted by atomic mass is 9.89. The molecular formula is C11H23ClS. The van der Waals surface area contributed by atoms with Gasteiger partial charge in [-0.15, -0.1) is 11.6 Å². The van der Waals surface area contributed by atoms with Gasteiger partial charge in [0, 0.05) is 5.38 Å². The van der Waals surface area contributed by atoms with Gasteiger partial charge in [0.25, 0.3) is 0 Å². The summed E-state index contributed by atoms with van der Waals surface area (Å²) in [5.41, 5.74) is 0.263. The van der Waals surface area contributed by atoms with Crippen molar-refractivity contribution in [3.05, 3.63) is 0 Å². The zero-order chi connectivity index (χ0) is 10.3. The lowest BCUT2D eigenvalue weighted by molar-refractivity contribution is 0.368. The van der Waals surface area contributed by atoms with Crippen molar-refractivity contribution in [2.24, 2.45) is 5.41 Å². The van der Waals surface area contributed by atoms with E-state index in [0.29, 0.717) is 5.38 Å². The third-order valence-corrected chi connectivity index (χ3v) is 4.00. The molecule has 0 saturated carbocycles. The topological polar surface area (TPSA) is 0 Å². The first-order valence-corrected chi connectivity index (χ1v) is 6.79. The second-order valence-electron chi connectivity index (χ2n) is 4.53. The zero-order valence-electron chi connectivity index (χ0n) is 9.40. The smallest absolute Gasteiger partial charge is 0.0384 e. The zero-order valence-corrected chi connectivity index (χ0v) is 11.0. The fourth-order valence-electron chi connectivity index (χ4n) is 1.11. The van der Waals surface area contributed by atoms with Crippen LogP contribution in [0.3, 0.4) is 0 Å². The predicted molar refractivity (Wildman–Crippen MR) is 65.9 cm³/mol. The van der Waals surface area contributed by atoms with Crippen LogP contribution < -0.4 is 0 Å². The standard InChI is InChI=1S/C11H23ClS/c1-5-13-9-7-6-8-10(12)11(2,3)4/h10H,5-9H2,1-4H3. The highest BCUT2D eigenvalue weighted by Gasteiger charge is 2.21. The molecule has 0 aliphatic rings. The van der Waals surface area contributed by atoms with E-state index in [-0.39, 0.29) is 5.41 Å². The van der Waals surface area contributed by atoms with Crippen molar-refractivity contribution in [3.8, 4) is 0 Å². The molecule has 0 nitrogen and oxygen atoms in total. The summed E-state index contributed by atoms with van der Waals surface area (Å²) < 4.78 is 0. The van der Waals surface area contributed by atoms with E-state index in [1.807, 2.05) is 11.8 Å². The highest BCUT2D eigenvalue weighted by Crippen LogP contribution is 2.28. The molecule has 0 aromatic heterocycles. The van der Waals surface area contributed by atoms with Crippen LogP contribution in [0.1, 0.15) is 47.0 Å². The van der Waals surface area contributed by atoms with Crippen LogP contribution in [-0.2, 0) is 0 Å². The number of hydrogen-bond acceptors (Lipinski definition) is 1. The van der Waals surface area contributed by atoms with E-state index in [1.165, 1.54) is 24.3 Å². The Balaban J connectivity index is 3.32. The van der Waals surface area contributed by atoms with Crippen LogP contribution in [0.25, 0.3) is 0 Å². The Morgan fingerprint density at radius 1 is 1.23 bits per heavy atom. The van der Waals surface area contributed by atoms with E-state index in [1.54, 1.807) is 0 Å². The maximum Gasteiger partial charge on any atom is 0.0384 e.